The van der Waals surface area contributed by atoms with E-state index in [9.17, 15) is 24.0 Å². The molecule has 10 nitrogen and oxygen atoms in total. The van der Waals surface area contributed by atoms with Crippen molar-refractivity contribution in [3.63, 3.8) is 0 Å². The van der Waals surface area contributed by atoms with Gasteiger partial charge >= 0.3 is 17.7 Å². The van der Waals surface area contributed by atoms with Crippen molar-refractivity contribution in [2.75, 3.05) is 11.9 Å². The van der Waals surface area contributed by atoms with Crippen molar-refractivity contribution in [3.8, 4) is 0 Å². The van der Waals surface area contributed by atoms with Gasteiger partial charge in [-0.05, 0) is 55.5 Å². The van der Waals surface area contributed by atoms with Gasteiger partial charge in [0.25, 0.3) is 0 Å². The van der Waals surface area contributed by atoms with E-state index in [2.05, 4.69) is 10.3 Å². The third-order valence-corrected chi connectivity index (χ3v) is 7.63. The molecular weight excluding hydrogens is 539 g/mol. The number of anilines is 1. The maximum absolute atomic E-state index is 12.2. The van der Waals surface area contributed by atoms with E-state index in [0.29, 0.717) is 28.9 Å². The lowest BCUT2D eigenvalue weighted by Crippen LogP contribution is -2.14. The van der Waals surface area contributed by atoms with Crippen LogP contribution in [0.1, 0.15) is 45.5 Å². The first kappa shape index (κ1) is 26.0. The normalized spacial score (nSPS) is 22.9. The number of aromatic nitrogens is 1. The molecule has 12 heteroatoms. The molecule has 0 spiro atoms. The van der Waals surface area contributed by atoms with E-state index < -0.39 is 35.4 Å². The van der Waals surface area contributed by atoms with Crippen LogP contribution in [0.4, 0.5) is 5.69 Å². The number of benzene rings is 2. The van der Waals surface area contributed by atoms with Gasteiger partial charge in [-0.25, -0.2) is 4.79 Å². The molecule has 0 saturated heterocycles. The van der Waals surface area contributed by atoms with Crippen LogP contribution < -0.4 is 11.1 Å². The Morgan fingerprint density at radius 2 is 1.42 bits per heavy atom. The number of ketones is 2. The number of halogens is 2. The Morgan fingerprint density at radius 1 is 0.842 bits per heavy atom. The Morgan fingerprint density at radius 3 is 2.00 bits per heavy atom. The molecule has 2 heterocycles. The zero-order valence-electron chi connectivity index (χ0n) is 19.8. The molecule has 0 radical (unpaired) electrons. The molecule has 3 aliphatic rings. The fraction of sp³-hybridized carbons (Fsp3) is 0.346. The van der Waals surface area contributed by atoms with Gasteiger partial charge in [0.15, 0.2) is 17.1 Å². The van der Waals surface area contributed by atoms with Crippen molar-refractivity contribution >= 4 is 63.5 Å². The molecule has 4 N–H and O–H groups in total. The number of aromatic amines is 1. The van der Waals surface area contributed by atoms with Crippen molar-refractivity contribution < 1.29 is 33.8 Å². The van der Waals surface area contributed by atoms with Gasteiger partial charge in [0.2, 0.25) is 0 Å². The van der Waals surface area contributed by atoms with Gasteiger partial charge in [-0.3, -0.25) is 24.2 Å². The third kappa shape index (κ3) is 5.06. The molecule has 1 aromatic heterocycles. The number of hydrogen-bond donors (Lipinski definition) is 4. The first-order valence-electron chi connectivity index (χ1n) is 12.0. The zero-order valence-corrected chi connectivity index (χ0v) is 21.3. The van der Waals surface area contributed by atoms with E-state index in [0.717, 1.165) is 30.6 Å². The second kappa shape index (κ2) is 9.92. The van der Waals surface area contributed by atoms with Crippen LogP contribution in [0.15, 0.2) is 33.5 Å². The fourth-order valence-electron chi connectivity index (χ4n) is 4.79. The lowest BCUT2D eigenvalue weighted by atomic mass is 9.97. The van der Waals surface area contributed by atoms with E-state index in [-0.39, 0.29) is 33.7 Å². The molecule has 0 amide bonds. The summed E-state index contributed by atoms with van der Waals surface area (Å²) in [7, 11) is 0. The summed E-state index contributed by atoms with van der Waals surface area (Å²) in [5.74, 6) is -4.93. The van der Waals surface area contributed by atoms with Gasteiger partial charge in [-0.2, -0.15) is 0 Å². The molecule has 0 unspecified atom stereocenters. The number of fused-ring (bicyclic) bond motifs is 2. The average Bonchev–Trinajstić information content (AvgIpc) is 3.79. The van der Waals surface area contributed by atoms with Crippen LogP contribution in [0.5, 0.6) is 0 Å². The molecule has 6 rings (SSSR count). The number of oxazole rings is 1. The van der Waals surface area contributed by atoms with Crippen LogP contribution in [0.25, 0.3) is 11.1 Å². The predicted molar refractivity (Wildman–Crippen MR) is 137 cm³/mol. The maximum atomic E-state index is 12.2. The average molecular weight is 561 g/mol. The largest absolute Gasteiger partial charge is 0.481 e. The van der Waals surface area contributed by atoms with Gasteiger partial charge in [0.05, 0.1) is 27.6 Å². The van der Waals surface area contributed by atoms with E-state index in [1.807, 2.05) is 6.07 Å². The summed E-state index contributed by atoms with van der Waals surface area (Å²) in [5, 5.41) is 21.7. The Balaban J connectivity index is 0.000000155. The molecule has 0 bridgehead atoms. The summed E-state index contributed by atoms with van der Waals surface area (Å²) in [5.41, 5.74) is 3.28. The minimum Gasteiger partial charge on any atom is -0.481 e. The van der Waals surface area contributed by atoms with E-state index >= 15 is 0 Å². The molecule has 198 valence electrons. The zero-order chi connectivity index (χ0) is 27.3. The molecule has 1 aliphatic heterocycles. The summed E-state index contributed by atoms with van der Waals surface area (Å²) < 4.78 is 4.85. The molecular formula is C26H22Cl2N2O8. The standard InChI is InChI=1S/C14H14ClNO3.C12H8ClNO5/c15-11-5-8(4-7-2-1-3-16-12(7)11)13(17)9-6-10(9)14(18)19;13-7-1-4(2-8-9(7)14-12(18)19-8)10(15)5-3-6(5)11(16)17/h4-5,9-10,16H,1-3,6H2,(H,18,19);1-2,5-6H,3H2,(H,14,18)(H,16,17)/t9-,10-;5-,6-/m00/s1. The summed E-state index contributed by atoms with van der Waals surface area (Å²) in [4.78, 5) is 59.3. The van der Waals surface area contributed by atoms with E-state index in [1.54, 1.807) is 6.07 Å². The van der Waals surface area contributed by atoms with Crippen LogP contribution >= 0.6 is 23.2 Å². The van der Waals surface area contributed by atoms with Crippen LogP contribution in [-0.4, -0.2) is 45.2 Å². The molecule has 4 atom stereocenters. The van der Waals surface area contributed by atoms with Crippen LogP contribution in [0, 0.1) is 23.7 Å². The van der Waals surface area contributed by atoms with Crippen LogP contribution in [-0.2, 0) is 16.0 Å². The summed E-state index contributed by atoms with van der Waals surface area (Å²) >= 11 is 12.1. The van der Waals surface area contributed by atoms with Crippen molar-refractivity contribution in [2.24, 2.45) is 23.7 Å². The van der Waals surface area contributed by atoms with Gasteiger partial charge in [0.1, 0.15) is 5.52 Å². The SMILES string of the molecule is O=C(O)[C@H]1C[C@@H]1C(=O)c1cc(Cl)c2[nH]c(=O)oc2c1.O=C(O)[C@H]1C[C@@H]1C(=O)c1cc(Cl)c2c(c1)CCCN2. The van der Waals surface area contributed by atoms with Gasteiger partial charge < -0.3 is 19.9 Å². The highest BCUT2D eigenvalue weighted by Crippen LogP contribution is 2.43. The number of carbonyl (C=O) groups is 4. The lowest BCUT2D eigenvalue weighted by molar-refractivity contribution is -0.139. The third-order valence-electron chi connectivity index (χ3n) is 7.04. The van der Waals surface area contributed by atoms with Crippen molar-refractivity contribution in [3.05, 3.63) is 61.6 Å². The number of H-pyrrole nitrogens is 1. The minimum absolute atomic E-state index is 0.0947. The highest BCUT2D eigenvalue weighted by Gasteiger charge is 2.49. The topological polar surface area (TPSA) is 167 Å². The highest BCUT2D eigenvalue weighted by atomic mass is 35.5. The Kier molecular flexibility index (Phi) is 6.79. The second-order valence-electron chi connectivity index (χ2n) is 9.67. The number of carboxylic acids is 2. The summed E-state index contributed by atoms with van der Waals surface area (Å²) in [6.45, 7) is 0.893. The van der Waals surface area contributed by atoms with Crippen LogP contribution in [0.2, 0.25) is 10.0 Å². The number of aryl methyl sites for hydroxylation is 1. The predicted octanol–water partition coefficient (Wildman–Crippen LogP) is 4.28. The second-order valence-corrected chi connectivity index (χ2v) is 10.5. The number of Topliss-reactive ketones (excluding diaryl/α,β-unsaturated/α-hetero) is 2. The van der Waals surface area contributed by atoms with Crippen molar-refractivity contribution in [1.29, 1.82) is 0 Å². The lowest BCUT2D eigenvalue weighted by Gasteiger charge is -2.20. The Bertz CT molecular complexity index is 1560. The van der Waals surface area contributed by atoms with Crippen molar-refractivity contribution in [2.45, 2.75) is 25.7 Å². The number of carbonyl (C=O) groups excluding carboxylic acids is 2. The van der Waals surface area contributed by atoms with Crippen LogP contribution in [0.3, 0.4) is 0 Å². The molecule has 38 heavy (non-hydrogen) atoms. The summed E-state index contributed by atoms with van der Waals surface area (Å²) in [6, 6.07) is 6.32. The number of carboxylic acid groups (broad SMARTS) is 2. The Hall–Kier alpha value is -3.63. The first-order valence-corrected chi connectivity index (χ1v) is 12.7. The quantitative estimate of drug-likeness (QED) is 0.321. The molecule has 2 aromatic carbocycles. The number of aliphatic carboxylic acids is 2. The maximum Gasteiger partial charge on any atom is 0.417 e. The molecule has 2 saturated carbocycles. The summed E-state index contributed by atoms with van der Waals surface area (Å²) in [6.07, 6.45) is 2.69. The van der Waals surface area contributed by atoms with Gasteiger partial charge in [-0.1, -0.05) is 23.2 Å². The van der Waals surface area contributed by atoms with E-state index in [4.69, 9.17) is 37.8 Å². The molecule has 2 aliphatic carbocycles. The van der Waals surface area contributed by atoms with Gasteiger partial charge in [-0.15, -0.1) is 0 Å². The first-order chi connectivity index (χ1) is 18.0. The fourth-order valence-corrected chi connectivity index (χ4v) is 5.35. The monoisotopic (exact) mass is 560 g/mol. The minimum atomic E-state index is -0.973. The number of hydrogen-bond acceptors (Lipinski definition) is 7. The molecule has 2 fully saturated rings. The van der Waals surface area contributed by atoms with E-state index in [1.165, 1.54) is 12.1 Å². The van der Waals surface area contributed by atoms with Gasteiger partial charge in [0, 0.05) is 29.5 Å². The Labute approximate surface area is 224 Å². The smallest absolute Gasteiger partial charge is 0.417 e. The van der Waals surface area contributed by atoms with Crippen molar-refractivity contribution in [1.82, 2.24) is 4.98 Å². The molecule has 3 aromatic rings. The highest BCUT2D eigenvalue weighted by molar-refractivity contribution is 6.35. The number of rotatable bonds is 6. The number of nitrogens with one attached hydrogen (secondary N) is 2.